The van der Waals surface area contributed by atoms with Gasteiger partial charge in [-0.1, -0.05) is 13.8 Å². The maximum absolute atomic E-state index is 11.7. The molecule has 6 heteroatoms. The molecule has 0 aliphatic carbocycles. The molecule has 0 unspecified atom stereocenters. The summed E-state index contributed by atoms with van der Waals surface area (Å²) in [6.07, 6.45) is -0.377. The Labute approximate surface area is 105 Å². The highest BCUT2D eigenvalue weighted by Gasteiger charge is 2.37. The Bertz CT molecular complexity index is 430. The number of hydrogen-bond acceptors (Lipinski definition) is 4. The molecule has 1 aromatic heterocycles. The number of anilines is 1. The molecular weight excluding hydrogens is 242 g/mol. The molecule has 0 spiro atoms. The predicted molar refractivity (Wildman–Crippen MR) is 64.2 cm³/mol. The van der Waals surface area contributed by atoms with Crippen LogP contribution in [-0.2, 0) is 4.74 Å². The van der Waals surface area contributed by atoms with Crippen LogP contribution in [0.15, 0.2) is 6.07 Å². The minimum atomic E-state index is -0.377. The first kappa shape index (κ1) is 12.1. The molecule has 2 rings (SSSR count). The lowest BCUT2D eigenvalue weighted by molar-refractivity contribution is 0.177. The zero-order valence-electron chi connectivity index (χ0n) is 9.98. The zero-order valence-corrected chi connectivity index (χ0v) is 10.7. The standard InChI is InChI=1S/C11H14ClN3O2/c1-6(2)8-5-17-11(16)15(8)9-4-7(3)13-10(12)14-9/h4,6,8H,5H2,1-3H3/t8-/m0/s1. The first-order valence-electron chi connectivity index (χ1n) is 5.46. The molecule has 0 radical (unpaired) electrons. The summed E-state index contributed by atoms with van der Waals surface area (Å²) >= 11 is 5.80. The molecule has 0 N–H and O–H groups in total. The van der Waals surface area contributed by atoms with Gasteiger partial charge in [-0.15, -0.1) is 0 Å². The topological polar surface area (TPSA) is 55.3 Å². The predicted octanol–water partition coefficient (Wildman–Crippen LogP) is 2.42. The summed E-state index contributed by atoms with van der Waals surface area (Å²) in [4.78, 5) is 21.3. The molecule has 0 saturated carbocycles. The van der Waals surface area contributed by atoms with E-state index in [2.05, 4.69) is 9.97 Å². The number of nitrogens with zero attached hydrogens (tertiary/aromatic N) is 3. The fraction of sp³-hybridized carbons (Fsp3) is 0.545. The van der Waals surface area contributed by atoms with E-state index in [0.717, 1.165) is 5.69 Å². The smallest absolute Gasteiger partial charge is 0.415 e. The van der Waals surface area contributed by atoms with Crippen molar-refractivity contribution in [1.29, 1.82) is 0 Å². The van der Waals surface area contributed by atoms with Crippen LogP contribution in [0.3, 0.4) is 0 Å². The van der Waals surface area contributed by atoms with Gasteiger partial charge in [0, 0.05) is 11.8 Å². The summed E-state index contributed by atoms with van der Waals surface area (Å²) in [5.74, 6) is 0.791. The summed E-state index contributed by atoms with van der Waals surface area (Å²) in [5.41, 5.74) is 0.724. The van der Waals surface area contributed by atoms with Crippen LogP contribution in [0.5, 0.6) is 0 Å². The van der Waals surface area contributed by atoms with Crippen LogP contribution < -0.4 is 4.90 Å². The van der Waals surface area contributed by atoms with Gasteiger partial charge in [0.2, 0.25) is 5.28 Å². The van der Waals surface area contributed by atoms with Crippen molar-refractivity contribution in [3.05, 3.63) is 17.0 Å². The summed E-state index contributed by atoms with van der Waals surface area (Å²) in [5, 5.41) is 0.141. The molecule has 1 aliphatic heterocycles. The Balaban J connectivity index is 2.39. The minimum absolute atomic E-state index is 0.00660. The van der Waals surface area contributed by atoms with E-state index >= 15 is 0 Å². The fourth-order valence-electron chi connectivity index (χ4n) is 1.83. The van der Waals surface area contributed by atoms with Crippen molar-refractivity contribution in [3.63, 3.8) is 0 Å². The second-order valence-corrected chi connectivity index (χ2v) is 4.73. The molecular formula is C11H14ClN3O2. The maximum Gasteiger partial charge on any atom is 0.415 e. The number of aryl methyl sites for hydroxylation is 1. The average Bonchev–Trinajstić information content (AvgIpc) is 2.58. The van der Waals surface area contributed by atoms with E-state index in [1.54, 1.807) is 11.0 Å². The Morgan fingerprint density at radius 1 is 1.53 bits per heavy atom. The lowest BCUT2D eigenvalue weighted by Crippen LogP contribution is -2.37. The largest absolute Gasteiger partial charge is 0.447 e. The number of halogens is 1. The first-order chi connectivity index (χ1) is 7.99. The van der Waals surface area contributed by atoms with Crippen LogP contribution in [0.2, 0.25) is 5.28 Å². The maximum atomic E-state index is 11.7. The van der Waals surface area contributed by atoms with Gasteiger partial charge in [0.05, 0.1) is 6.04 Å². The second-order valence-electron chi connectivity index (χ2n) is 4.39. The monoisotopic (exact) mass is 255 g/mol. The minimum Gasteiger partial charge on any atom is -0.447 e. The number of cyclic esters (lactones) is 1. The van der Waals surface area contributed by atoms with Gasteiger partial charge in [0.1, 0.15) is 12.4 Å². The summed E-state index contributed by atoms with van der Waals surface area (Å²) in [6, 6.07) is 1.72. The third kappa shape index (κ3) is 2.34. The second kappa shape index (κ2) is 4.49. The Morgan fingerprint density at radius 2 is 2.24 bits per heavy atom. The van der Waals surface area contributed by atoms with Crippen molar-refractivity contribution in [1.82, 2.24) is 9.97 Å². The lowest BCUT2D eigenvalue weighted by Gasteiger charge is -2.23. The molecule has 1 amide bonds. The molecule has 5 nitrogen and oxygen atoms in total. The number of amides is 1. The molecule has 0 bridgehead atoms. The van der Waals surface area contributed by atoms with Crippen molar-refractivity contribution < 1.29 is 9.53 Å². The fourth-order valence-corrected chi connectivity index (χ4v) is 2.05. The highest BCUT2D eigenvalue weighted by atomic mass is 35.5. The van der Waals surface area contributed by atoms with Gasteiger partial charge in [-0.05, 0) is 24.4 Å². The molecule has 1 saturated heterocycles. The van der Waals surface area contributed by atoms with Gasteiger partial charge >= 0.3 is 6.09 Å². The molecule has 1 aromatic rings. The van der Waals surface area contributed by atoms with E-state index in [1.807, 2.05) is 20.8 Å². The van der Waals surface area contributed by atoms with Crippen molar-refractivity contribution in [2.24, 2.45) is 5.92 Å². The van der Waals surface area contributed by atoms with E-state index in [-0.39, 0.29) is 23.3 Å². The van der Waals surface area contributed by atoms with Crippen LogP contribution in [0, 0.1) is 12.8 Å². The summed E-state index contributed by atoms with van der Waals surface area (Å²) in [6.45, 7) is 6.27. The van der Waals surface area contributed by atoms with E-state index in [0.29, 0.717) is 12.4 Å². The third-order valence-electron chi connectivity index (χ3n) is 2.74. The number of carbonyl (C=O) groups is 1. The molecule has 1 aliphatic rings. The van der Waals surface area contributed by atoms with Crippen molar-refractivity contribution in [3.8, 4) is 0 Å². The van der Waals surface area contributed by atoms with Crippen LogP contribution in [0.4, 0.5) is 10.6 Å². The van der Waals surface area contributed by atoms with E-state index < -0.39 is 0 Å². The quantitative estimate of drug-likeness (QED) is 0.762. The summed E-state index contributed by atoms with van der Waals surface area (Å²) in [7, 11) is 0. The van der Waals surface area contributed by atoms with Gasteiger partial charge in [0.25, 0.3) is 0 Å². The van der Waals surface area contributed by atoms with Gasteiger partial charge in [0.15, 0.2) is 0 Å². The van der Waals surface area contributed by atoms with Crippen LogP contribution in [0.1, 0.15) is 19.5 Å². The molecule has 92 valence electrons. The van der Waals surface area contributed by atoms with Gasteiger partial charge in [-0.2, -0.15) is 0 Å². The summed E-state index contributed by atoms with van der Waals surface area (Å²) < 4.78 is 5.06. The molecule has 0 aromatic carbocycles. The van der Waals surface area contributed by atoms with Gasteiger partial charge in [-0.25, -0.2) is 14.8 Å². The Hall–Kier alpha value is -1.36. The highest BCUT2D eigenvalue weighted by Crippen LogP contribution is 2.26. The van der Waals surface area contributed by atoms with Crippen LogP contribution in [0.25, 0.3) is 0 Å². The van der Waals surface area contributed by atoms with Gasteiger partial charge in [-0.3, -0.25) is 4.90 Å². The number of hydrogen-bond donors (Lipinski definition) is 0. The SMILES string of the molecule is Cc1cc(N2C(=O)OC[C@H]2C(C)C)nc(Cl)n1. The van der Waals surface area contributed by atoms with Crippen LogP contribution in [-0.4, -0.2) is 28.7 Å². The van der Waals surface area contributed by atoms with Gasteiger partial charge < -0.3 is 4.74 Å². The lowest BCUT2D eigenvalue weighted by atomic mass is 10.0. The van der Waals surface area contributed by atoms with Crippen molar-refractivity contribution in [2.45, 2.75) is 26.8 Å². The number of rotatable bonds is 2. The van der Waals surface area contributed by atoms with Crippen molar-refractivity contribution in [2.75, 3.05) is 11.5 Å². The van der Waals surface area contributed by atoms with E-state index in [4.69, 9.17) is 16.3 Å². The number of aromatic nitrogens is 2. The number of carbonyl (C=O) groups excluding carboxylic acids is 1. The highest BCUT2D eigenvalue weighted by molar-refractivity contribution is 6.28. The first-order valence-corrected chi connectivity index (χ1v) is 5.84. The van der Waals surface area contributed by atoms with E-state index in [1.165, 1.54) is 0 Å². The Morgan fingerprint density at radius 3 is 2.82 bits per heavy atom. The Kier molecular flexibility index (Phi) is 3.19. The zero-order chi connectivity index (χ0) is 12.6. The molecule has 17 heavy (non-hydrogen) atoms. The number of ether oxygens (including phenoxy) is 1. The van der Waals surface area contributed by atoms with E-state index in [9.17, 15) is 4.79 Å². The van der Waals surface area contributed by atoms with Crippen LogP contribution >= 0.6 is 11.6 Å². The molecule has 1 fully saturated rings. The molecule has 1 atom stereocenters. The normalized spacial score (nSPS) is 19.9. The average molecular weight is 256 g/mol. The molecule has 2 heterocycles. The third-order valence-corrected chi connectivity index (χ3v) is 2.90. The van der Waals surface area contributed by atoms with Crippen molar-refractivity contribution >= 4 is 23.5 Å².